The van der Waals surface area contributed by atoms with E-state index in [0.29, 0.717) is 6.04 Å². The molecular formula is C12H21N3OS. The van der Waals surface area contributed by atoms with Gasteiger partial charge < -0.3 is 14.6 Å². The molecule has 0 amide bonds. The van der Waals surface area contributed by atoms with Gasteiger partial charge in [-0.05, 0) is 30.8 Å². The van der Waals surface area contributed by atoms with Crippen LogP contribution in [-0.2, 0) is 4.74 Å². The molecule has 0 unspecified atom stereocenters. The summed E-state index contributed by atoms with van der Waals surface area (Å²) in [4.78, 5) is 4.39. The van der Waals surface area contributed by atoms with Crippen molar-refractivity contribution >= 4 is 17.7 Å². The first-order valence-electron chi connectivity index (χ1n) is 6.25. The molecular weight excluding hydrogens is 234 g/mol. The zero-order chi connectivity index (χ0) is 11.9. The SMILES string of the molecule is COCCCNc1nccn1C1CCSCC1. The number of anilines is 1. The molecule has 0 saturated carbocycles. The van der Waals surface area contributed by atoms with Gasteiger partial charge in [0.05, 0.1) is 0 Å². The minimum absolute atomic E-state index is 0.628. The summed E-state index contributed by atoms with van der Waals surface area (Å²) >= 11 is 2.06. The highest BCUT2D eigenvalue weighted by Gasteiger charge is 2.17. The van der Waals surface area contributed by atoms with E-state index in [-0.39, 0.29) is 0 Å². The van der Waals surface area contributed by atoms with Crippen LogP contribution in [0.5, 0.6) is 0 Å². The van der Waals surface area contributed by atoms with Crippen molar-refractivity contribution in [3.05, 3.63) is 12.4 Å². The van der Waals surface area contributed by atoms with E-state index in [2.05, 4.69) is 32.8 Å². The molecule has 0 aromatic carbocycles. The van der Waals surface area contributed by atoms with E-state index in [4.69, 9.17) is 4.74 Å². The van der Waals surface area contributed by atoms with Crippen molar-refractivity contribution in [1.29, 1.82) is 0 Å². The van der Waals surface area contributed by atoms with Crippen LogP contribution >= 0.6 is 11.8 Å². The van der Waals surface area contributed by atoms with E-state index in [9.17, 15) is 0 Å². The maximum Gasteiger partial charge on any atom is 0.203 e. The average molecular weight is 255 g/mol. The lowest BCUT2D eigenvalue weighted by Gasteiger charge is -2.24. The summed E-state index contributed by atoms with van der Waals surface area (Å²) in [6.07, 6.45) is 7.52. The number of nitrogens with one attached hydrogen (secondary N) is 1. The fourth-order valence-electron chi connectivity index (χ4n) is 2.12. The fraction of sp³-hybridized carbons (Fsp3) is 0.750. The highest BCUT2D eigenvalue weighted by atomic mass is 32.2. The second kappa shape index (κ2) is 6.91. The van der Waals surface area contributed by atoms with E-state index in [1.165, 1.54) is 24.3 Å². The van der Waals surface area contributed by atoms with Crippen molar-refractivity contribution < 1.29 is 4.74 Å². The van der Waals surface area contributed by atoms with Crippen molar-refractivity contribution in [1.82, 2.24) is 9.55 Å². The molecule has 1 aromatic rings. The standard InChI is InChI=1S/C12H21N3OS/c1-16-8-2-5-13-12-14-6-7-15(12)11-3-9-17-10-4-11/h6-7,11H,2-5,8-10H2,1H3,(H,13,14). The number of aromatic nitrogens is 2. The summed E-state index contributed by atoms with van der Waals surface area (Å²) in [5, 5.41) is 3.39. The van der Waals surface area contributed by atoms with Gasteiger partial charge in [-0.15, -0.1) is 0 Å². The minimum Gasteiger partial charge on any atom is -0.385 e. The first-order chi connectivity index (χ1) is 8.42. The Hall–Kier alpha value is -0.680. The molecule has 17 heavy (non-hydrogen) atoms. The molecule has 96 valence electrons. The Bertz CT molecular complexity index is 323. The van der Waals surface area contributed by atoms with Crippen molar-refractivity contribution in [2.24, 2.45) is 0 Å². The number of ether oxygens (including phenoxy) is 1. The third kappa shape index (κ3) is 3.64. The first kappa shape index (κ1) is 12.8. The molecule has 0 radical (unpaired) electrons. The highest BCUT2D eigenvalue weighted by Crippen LogP contribution is 2.28. The van der Waals surface area contributed by atoms with Gasteiger partial charge in [-0.2, -0.15) is 11.8 Å². The van der Waals surface area contributed by atoms with E-state index in [0.717, 1.165) is 25.5 Å². The van der Waals surface area contributed by atoms with Crippen LogP contribution in [0.2, 0.25) is 0 Å². The molecule has 0 aliphatic carbocycles. The van der Waals surface area contributed by atoms with Gasteiger partial charge >= 0.3 is 0 Å². The largest absolute Gasteiger partial charge is 0.385 e. The Kier molecular flexibility index (Phi) is 5.19. The molecule has 2 heterocycles. The topological polar surface area (TPSA) is 39.1 Å². The number of hydrogen-bond donors (Lipinski definition) is 1. The molecule has 1 fully saturated rings. The normalized spacial score (nSPS) is 17.2. The molecule has 1 aliphatic rings. The molecule has 1 aromatic heterocycles. The molecule has 0 atom stereocenters. The average Bonchev–Trinajstić information content (AvgIpc) is 2.84. The monoisotopic (exact) mass is 255 g/mol. The molecule has 0 bridgehead atoms. The van der Waals surface area contributed by atoms with E-state index >= 15 is 0 Å². The third-order valence-corrected chi connectivity index (χ3v) is 4.11. The lowest BCUT2D eigenvalue weighted by atomic mass is 10.1. The van der Waals surface area contributed by atoms with E-state index < -0.39 is 0 Å². The van der Waals surface area contributed by atoms with Crippen LogP contribution in [0.25, 0.3) is 0 Å². The Morgan fingerprint density at radius 1 is 1.53 bits per heavy atom. The third-order valence-electron chi connectivity index (χ3n) is 3.06. The zero-order valence-electron chi connectivity index (χ0n) is 10.4. The minimum atomic E-state index is 0.628. The van der Waals surface area contributed by atoms with Gasteiger partial charge in [0.15, 0.2) is 0 Å². The van der Waals surface area contributed by atoms with Gasteiger partial charge in [0.1, 0.15) is 0 Å². The van der Waals surface area contributed by atoms with Gasteiger partial charge in [0.2, 0.25) is 5.95 Å². The van der Waals surface area contributed by atoms with Gasteiger partial charge in [-0.3, -0.25) is 0 Å². The fourth-order valence-corrected chi connectivity index (χ4v) is 3.21. The van der Waals surface area contributed by atoms with Crippen molar-refractivity contribution in [2.75, 3.05) is 37.1 Å². The predicted molar refractivity (Wildman–Crippen MR) is 72.8 cm³/mol. The number of hydrogen-bond acceptors (Lipinski definition) is 4. The number of thioether (sulfide) groups is 1. The van der Waals surface area contributed by atoms with Crippen LogP contribution in [0.1, 0.15) is 25.3 Å². The summed E-state index contributed by atoms with van der Waals surface area (Å²) in [7, 11) is 1.74. The predicted octanol–water partition coefficient (Wildman–Crippen LogP) is 2.40. The Morgan fingerprint density at radius 3 is 3.12 bits per heavy atom. The van der Waals surface area contributed by atoms with Gasteiger partial charge in [0.25, 0.3) is 0 Å². The van der Waals surface area contributed by atoms with Crippen LogP contribution in [0.4, 0.5) is 5.95 Å². The zero-order valence-corrected chi connectivity index (χ0v) is 11.2. The van der Waals surface area contributed by atoms with E-state index in [1.54, 1.807) is 7.11 Å². The second-order valence-corrected chi connectivity index (χ2v) is 5.50. The summed E-state index contributed by atoms with van der Waals surface area (Å²) in [5.41, 5.74) is 0. The van der Waals surface area contributed by atoms with Crippen molar-refractivity contribution in [3.63, 3.8) is 0 Å². The molecule has 4 nitrogen and oxygen atoms in total. The maximum absolute atomic E-state index is 5.04. The van der Waals surface area contributed by atoms with Crippen LogP contribution in [0, 0.1) is 0 Å². The van der Waals surface area contributed by atoms with Crippen LogP contribution in [0.3, 0.4) is 0 Å². The Labute approximate surface area is 107 Å². The summed E-state index contributed by atoms with van der Waals surface area (Å²) in [6.45, 7) is 1.72. The smallest absolute Gasteiger partial charge is 0.203 e. The molecule has 1 saturated heterocycles. The quantitative estimate of drug-likeness (QED) is 0.792. The number of imidazole rings is 1. The second-order valence-electron chi connectivity index (χ2n) is 4.27. The Morgan fingerprint density at radius 2 is 2.35 bits per heavy atom. The van der Waals surface area contributed by atoms with E-state index in [1.807, 2.05) is 6.20 Å². The summed E-state index contributed by atoms with van der Waals surface area (Å²) in [6, 6.07) is 0.628. The maximum atomic E-state index is 5.04. The molecule has 2 rings (SSSR count). The summed E-state index contributed by atoms with van der Waals surface area (Å²) < 4.78 is 7.34. The number of methoxy groups -OCH3 is 1. The van der Waals surface area contributed by atoms with Crippen LogP contribution in [-0.4, -0.2) is 41.3 Å². The highest BCUT2D eigenvalue weighted by molar-refractivity contribution is 7.99. The molecule has 0 spiro atoms. The molecule has 1 N–H and O–H groups in total. The first-order valence-corrected chi connectivity index (χ1v) is 7.40. The number of rotatable bonds is 6. The number of nitrogens with zero attached hydrogens (tertiary/aromatic N) is 2. The van der Waals surface area contributed by atoms with Crippen LogP contribution in [0.15, 0.2) is 12.4 Å². The lowest BCUT2D eigenvalue weighted by molar-refractivity contribution is 0.197. The Balaban J connectivity index is 1.87. The van der Waals surface area contributed by atoms with Gasteiger partial charge in [0, 0.05) is 38.7 Å². The summed E-state index contributed by atoms with van der Waals surface area (Å²) in [5.74, 6) is 3.55. The van der Waals surface area contributed by atoms with Gasteiger partial charge in [-0.25, -0.2) is 4.98 Å². The van der Waals surface area contributed by atoms with Crippen molar-refractivity contribution in [2.45, 2.75) is 25.3 Å². The molecule has 1 aliphatic heterocycles. The van der Waals surface area contributed by atoms with Crippen molar-refractivity contribution in [3.8, 4) is 0 Å². The lowest BCUT2D eigenvalue weighted by Crippen LogP contribution is -2.18. The van der Waals surface area contributed by atoms with Crippen LogP contribution < -0.4 is 5.32 Å². The molecule has 5 heteroatoms. The van der Waals surface area contributed by atoms with Gasteiger partial charge in [-0.1, -0.05) is 0 Å².